The van der Waals surface area contributed by atoms with Gasteiger partial charge in [-0.3, -0.25) is 0 Å². The van der Waals surface area contributed by atoms with Crippen molar-refractivity contribution in [3.05, 3.63) is 35.4 Å². The maximum atomic E-state index is 13.3. The molecule has 1 aliphatic heterocycles. The number of hydrogen-bond donors (Lipinski definition) is 1. The Labute approximate surface area is 128 Å². The fraction of sp³-hybridized carbons (Fsp3) is 0.562. The first-order valence-electron chi connectivity index (χ1n) is 7.28. The molecule has 1 fully saturated rings. The van der Waals surface area contributed by atoms with Gasteiger partial charge >= 0.3 is 6.09 Å². The molecule has 1 amide bonds. The molecule has 0 aliphatic carbocycles. The van der Waals surface area contributed by atoms with Gasteiger partial charge in [0.15, 0.2) is 0 Å². The van der Waals surface area contributed by atoms with Crippen molar-refractivity contribution in [3.8, 4) is 0 Å². The third-order valence-corrected chi connectivity index (χ3v) is 3.55. The fourth-order valence-electron chi connectivity index (χ4n) is 2.60. The highest BCUT2D eigenvalue weighted by Gasteiger charge is 2.33. The van der Waals surface area contributed by atoms with Crippen LogP contribution in [0.2, 0.25) is 0 Å². The number of rotatable bonds is 1. The van der Waals surface area contributed by atoms with E-state index >= 15 is 0 Å². The molecule has 0 unspecified atom stereocenters. The number of nitrogens with zero attached hydrogens (tertiary/aromatic N) is 1. The van der Waals surface area contributed by atoms with E-state index < -0.39 is 35.4 Å². The van der Waals surface area contributed by atoms with Gasteiger partial charge in [0.2, 0.25) is 0 Å². The molecule has 1 saturated heterocycles. The second-order valence-electron chi connectivity index (χ2n) is 6.59. The molecule has 22 heavy (non-hydrogen) atoms. The first-order valence-corrected chi connectivity index (χ1v) is 7.28. The molecule has 4 nitrogen and oxygen atoms in total. The molecule has 1 aliphatic rings. The number of aliphatic hydroxyl groups excluding tert-OH is 1. The third-order valence-electron chi connectivity index (χ3n) is 3.55. The topological polar surface area (TPSA) is 49.8 Å². The summed E-state index contributed by atoms with van der Waals surface area (Å²) in [5.74, 6) is -1.74. The van der Waals surface area contributed by atoms with Crippen molar-refractivity contribution in [2.24, 2.45) is 0 Å². The van der Waals surface area contributed by atoms with Crippen molar-refractivity contribution in [2.45, 2.75) is 44.8 Å². The molecule has 1 heterocycles. The molecule has 0 radical (unpaired) electrons. The maximum absolute atomic E-state index is 13.3. The molecule has 1 aromatic carbocycles. The van der Waals surface area contributed by atoms with Crippen LogP contribution in [0.25, 0.3) is 0 Å². The van der Waals surface area contributed by atoms with E-state index in [-0.39, 0.29) is 6.54 Å². The van der Waals surface area contributed by atoms with Crippen molar-refractivity contribution in [1.29, 1.82) is 0 Å². The van der Waals surface area contributed by atoms with Crippen molar-refractivity contribution < 1.29 is 23.4 Å². The van der Waals surface area contributed by atoms with E-state index in [1.165, 1.54) is 17.0 Å². The summed E-state index contributed by atoms with van der Waals surface area (Å²) in [6, 6.07) is 3.24. The average Bonchev–Trinajstić information content (AvgIpc) is 2.35. The van der Waals surface area contributed by atoms with Gasteiger partial charge in [0.1, 0.15) is 17.2 Å². The lowest BCUT2D eigenvalue weighted by Gasteiger charge is -2.36. The Morgan fingerprint density at radius 3 is 2.36 bits per heavy atom. The maximum Gasteiger partial charge on any atom is 0.410 e. The van der Waals surface area contributed by atoms with Crippen molar-refractivity contribution in [2.75, 3.05) is 13.1 Å². The summed E-state index contributed by atoms with van der Waals surface area (Å²) < 4.78 is 31.8. The van der Waals surface area contributed by atoms with Crippen LogP contribution < -0.4 is 0 Å². The Morgan fingerprint density at radius 1 is 1.27 bits per heavy atom. The van der Waals surface area contributed by atoms with Crippen LogP contribution in [0.1, 0.15) is 38.7 Å². The highest BCUT2D eigenvalue weighted by molar-refractivity contribution is 5.68. The van der Waals surface area contributed by atoms with Crippen molar-refractivity contribution >= 4 is 6.09 Å². The summed E-state index contributed by atoms with van der Waals surface area (Å²) >= 11 is 0. The highest BCUT2D eigenvalue weighted by Crippen LogP contribution is 2.30. The average molecular weight is 313 g/mol. The quantitative estimate of drug-likeness (QED) is 0.867. The van der Waals surface area contributed by atoms with Crippen molar-refractivity contribution in [1.82, 2.24) is 4.90 Å². The minimum absolute atomic E-state index is 0.0811. The highest BCUT2D eigenvalue weighted by atomic mass is 19.1. The second-order valence-corrected chi connectivity index (χ2v) is 6.59. The predicted octanol–water partition coefficient (Wildman–Crippen LogP) is 3.05. The van der Waals surface area contributed by atoms with Gasteiger partial charge in [-0.1, -0.05) is 0 Å². The van der Waals surface area contributed by atoms with Crippen molar-refractivity contribution in [3.63, 3.8) is 0 Å². The van der Waals surface area contributed by atoms with E-state index in [4.69, 9.17) is 4.74 Å². The van der Waals surface area contributed by atoms with Crippen LogP contribution in [-0.4, -0.2) is 40.9 Å². The van der Waals surface area contributed by atoms with Gasteiger partial charge in [0, 0.05) is 18.5 Å². The molecule has 2 atom stereocenters. The smallest absolute Gasteiger partial charge is 0.410 e. The summed E-state index contributed by atoms with van der Waals surface area (Å²) in [7, 11) is 0. The van der Waals surface area contributed by atoms with Gasteiger partial charge in [-0.25, -0.2) is 13.6 Å². The summed E-state index contributed by atoms with van der Waals surface area (Å²) in [5, 5.41) is 10.2. The number of carbonyl (C=O) groups excluding carboxylic acids is 1. The van der Waals surface area contributed by atoms with Gasteiger partial charge in [0.05, 0.1) is 12.6 Å². The molecule has 6 heteroatoms. The summed E-state index contributed by atoms with van der Waals surface area (Å²) in [5.41, 5.74) is -0.196. The zero-order valence-electron chi connectivity index (χ0n) is 13.0. The Kier molecular flexibility index (Phi) is 4.70. The van der Waals surface area contributed by atoms with Crippen LogP contribution in [0.3, 0.4) is 0 Å². The largest absolute Gasteiger partial charge is 0.444 e. The molecule has 0 saturated carbocycles. The Balaban J connectivity index is 2.05. The van der Waals surface area contributed by atoms with E-state index in [0.29, 0.717) is 18.5 Å². The molecule has 0 spiro atoms. The van der Waals surface area contributed by atoms with Crippen LogP contribution in [0.4, 0.5) is 13.6 Å². The molecule has 2 rings (SSSR count). The number of hydrogen-bond acceptors (Lipinski definition) is 3. The molecule has 1 N–H and O–H groups in total. The van der Waals surface area contributed by atoms with Gasteiger partial charge in [0.25, 0.3) is 0 Å². The number of β-amino-alcohol motifs (C(OH)–C–C–N with tert-alkyl or cyclic N) is 1. The van der Waals surface area contributed by atoms with Crippen LogP contribution in [0.5, 0.6) is 0 Å². The van der Waals surface area contributed by atoms with Gasteiger partial charge in [-0.15, -0.1) is 0 Å². The molecule has 0 bridgehead atoms. The molecular formula is C16H21F2NO3. The molecule has 122 valence electrons. The lowest BCUT2D eigenvalue weighted by Crippen LogP contribution is -2.47. The summed E-state index contributed by atoms with van der Waals surface area (Å²) in [4.78, 5) is 13.4. The first-order chi connectivity index (χ1) is 10.2. The number of piperidine rings is 1. The second kappa shape index (κ2) is 6.20. The minimum atomic E-state index is -0.887. The Hall–Kier alpha value is -1.69. The first kappa shape index (κ1) is 16.7. The lowest BCUT2D eigenvalue weighted by molar-refractivity contribution is -0.00157. The van der Waals surface area contributed by atoms with Gasteiger partial charge in [-0.2, -0.15) is 0 Å². The van der Waals surface area contributed by atoms with E-state index in [9.17, 15) is 18.7 Å². The number of carbonyl (C=O) groups is 1. The zero-order chi connectivity index (χ0) is 16.5. The van der Waals surface area contributed by atoms with Crippen LogP contribution in [-0.2, 0) is 4.74 Å². The number of likely N-dealkylation sites (tertiary alicyclic amines) is 1. The molecule has 1 aromatic rings. The predicted molar refractivity (Wildman–Crippen MR) is 77.5 cm³/mol. The fourth-order valence-corrected chi connectivity index (χ4v) is 2.60. The number of amides is 1. The zero-order valence-corrected chi connectivity index (χ0v) is 13.0. The van der Waals surface area contributed by atoms with E-state index in [1.807, 2.05) is 0 Å². The minimum Gasteiger partial charge on any atom is -0.444 e. The number of halogens is 2. The number of ether oxygens (including phenoxy) is 1. The van der Waals surface area contributed by atoms with Crippen LogP contribution in [0, 0.1) is 11.6 Å². The normalized spacial score (nSPS) is 22.5. The number of benzene rings is 1. The number of aliphatic hydroxyl groups is 1. The van der Waals surface area contributed by atoms with Gasteiger partial charge < -0.3 is 14.7 Å². The summed E-state index contributed by atoms with van der Waals surface area (Å²) in [6.07, 6.45) is -0.957. The summed E-state index contributed by atoms with van der Waals surface area (Å²) in [6.45, 7) is 5.75. The monoisotopic (exact) mass is 313 g/mol. The van der Waals surface area contributed by atoms with Crippen LogP contribution >= 0.6 is 0 Å². The third kappa shape index (κ3) is 4.16. The standard InChI is InChI=1S/C16H21F2NO3/c1-16(2,3)22-15(21)19-5-4-13(14(20)9-19)10-6-11(17)8-12(18)7-10/h6-8,13-14,20H,4-5,9H2,1-3H3/t13-,14-/m1/s1. The van der Waals surface area contributed by atoms with E-state index in [1.54, 1.807) is 20.8 Å². The van der Waals surface area contributed by atoms with Gasteiger partial charge in [-0.05, 0) is 44.9 Å². The van der Waals surface area contributed by atoms with Crippen LogP contribution in [0.15, 0.2) is 18.2 Å². The lowest BCUT2D eigenvalue weighted by atomic mass is 9.87. The Bertz CT molecular complexity index is 537. The molecule has 0 aromatic heterocycles. The van der Waals surface area contributed by atoms with E-state index in [0.717, 1.165) is 6.07 Å². The Morgan fingerprint density at radius 2 is 1.86 bits per heavy atom. The van der Waals surface area contributed by atoms with E-state index in [2.05, 4.69) is 0 Å². The molecular weight excluding hydrogens is 292 g/mol. The SMILES string of the molecule is CC(C)(C)OC(=O)N1CC[C@H](c2cc(F)cc(F)c2)[C@H](O)C1.